The standard InChI is InChI=1S/C24H28FN3O2/c1-4-6-9-15-28(23(29)17-11-10-12-18(25)16-17)21(5-2)22-26-20-14-8-7-13-19(20)24(30)27(22)3/h7-8,10-14,16,21H,4-6,9,15H2,1-3H3. The lowest BCUT2D eigenvalue weighted by Crippen LogP contribution is -2.39. The first-order valence-electron chi connectivity index (χ1n) is 10.5. The van der Waals surface area contributed by atoms with Crippen LogP contribution in [0.25, 0.3) is 10.9 Å². The van der Waals surface area contributed by atoms with Gasteiger partial charge in [0.25, 0.3) is 11.5 Å². The predicted molar refractivity (Wildman–Crippen MR) is 117 cm³/mol. The van der Waals surface area contributed by atoms with Gasteiger partial charge in [0, 0.05) is 19.2 Å². The highest BCUT2D eigenvalue weighted by Crippen LogP contribution is 2.26. The minimum Gasteiger partial charge on any atom is -0.328 e. The Balaban J connectivity index is 2.08. The van der Waals surface area contributed by atoms with Crippen molar-refractivity contribution in [3.8, 4) is 0 Å². The molecule has 0 N–H and O–H groups in total. The highest BCUT2D eigenvalue weighted by molar-refractivity contribution is 5.94. The van der Waals surface area contributed by atoms with Crippen LogP contribution in [0.15, 0.2) is 53.3 Å². The highest BCUT2D eigenvalue weighted by atomic mass is 19.1. The van der Waals surface area contributed by atoms with Gasteiger partial charge < -0.3 is 4.90 Å². The Labute approximate surface area is 176 Å². The van der Waals surface area contributed by atoms with Crippen LogP contribution in [-0.2, 0) is 7.05 Å². The molecule has 3 aromatic rings. The fourth-order valence-corrected chi connectivity index (χ4v) is 3.79. The fourth-order valence-electron chi connectivity index (χ4n) is 3.79. The number of rotatable bonds is 8. The number of para-hydroxylation sites is 1. The number of nitrogens with zero attached hydrogens (tertiary/aromatic N) is 3. The molecule has 5 nitrogen and oxygen atoms in total. The van der Waals surface area contributed by atoms with E-state index in [4.69, 9.17) is 4.98 Å². The molecule has 0 radical (unpaired) electrons. The monoisotopic (exact) mass is 409 g/mol. The van der Waals surface area contributed by atoms with Gasteiger partial charge in [0.2, 0.25) is 0 Å². The summed E-state index contributed by atoms with van der Waals surface area (Å²) in [7, 11) is 1.69. The molecule has 1 heterocycles. The number of fused-ring (bicyclic) bond motifs is 1. The van der Waals surface area contributed by atoms with Crippen molar-refractivity contribution in [1.82, 2.24) is 14.5 Å². The number of carbonyl (C=O) groups is 1. The van der Waals surface area contributed by atoms with Gasteiger partial charge >= 0.3 is 0 Å². The van der Waals surface area contributed by atoms with Gasteiger partial charge in [-0.15, -0.1) is 0 Å². The molecule has 0 saturated heterocycles. The quantitative estimate of drug-likeness (QED) is 0.500. The van der Waals surface area contributed by atoms with Crippen LogP contribution in [0, 0.1) is 5.82 Å². The molecule has 2 aromatic carbocycles. The van der Waals surface area contributed by atoms with E-state index in [0.29, 0.717) is 35.3 Å². The lowest BCUT2D eigenvalue weighted by molar-refractivity contribution is 0.0653. The maximum absolute atomic E-state index is 13.8. The van der Waals surface area contributed by atoms with E-state index in [9.17, 15) is 14.0 Å². The zero-order valence-electron chi connectivity index (χ0n) is 17.8. The summed E-state index contributed by atoms with van der Waals surface area (Å²) in [4.78, 5) is 32.8. The summed E-state index contributed by atoms with van der Waals surface area (Å²) in [5.41, 5.74) is 0.775. The molecule has 1 atom stereocenters. The summed E-state index contributed by atoms with van der Waals surface area (Å²) in [6.07, 6.45) is 3.42. The summed E-state index contributed by atoms with van der Waals surface area (Å²) in [5.74, 6) is -0.152. The van der Waals surface area contributed by atoms with Gasteiger partial charge in [-0.2, -0.15) is 0 Å². The normalized spacial score (nSPS) is 12.1. The Hall–Kier alpha value is -3.02. The van der Waals surface area contributed by atoms with E-state index in [2.05, 4.69) is 6.92 Å². The number of carbonyl (C=O) groups excluding carboxylic acids is 1. The molecule has 1 unspecified atom stereocenters. The van der Waals surface area contributed by atoms with Crippen LogP contribution in [0.1, 0.15) is 61.8 Å². The third-order valence-electron chi connectivity index (χ3n) is 5.41. The van der Waals surface area contributed by atoms with Crippen LogP contribution in [0.4, 0.5) is 4.39 Å². The Morgan fingerprint density at radius 3 is 2.60 bits per heavy atom. The van der Waals surface area contributed by atoms with Crippen molar-refractivity contribution in [2.75, 3.05) is 6.54 Å². The zero-order chi connectivity index (χ0) is 21.7. The van der Waals surface area contributed by atoms with Gasteiger partial charge in [-0.1, -0.05) is 44.9 Å². The van der Waals surface area contributed by atoms with Crippen molar-refractivity contribution < 1.29 is 9.18 Å². The minimum atomic E-state index is -0.446. The SMILES string of the molecule is CCCCCN(C(=O)c1cccc(F)c1)C(CC)c1nc2ccccc2c(=O)n1C. The van der Waals surface area contributed by atoms with E-state index in [1.165, 1.54) is 22.8 Å². The lowest BCUT2D eigenvalue weighted by Gasteiger charge is -2.32. The summed E-state index contributed by atoms with van der Waals surface area (Å²) in [6.45, 7) is 4.59. The largest absolute Gasteiger partial charge is 0.328 e. The van der Waals surface area contributed by atoms with Crippen LogP contribution in [0.2, 0.25) is 0 Å². The smallest absolute Gasteiger partial charge is 0.261 e. The summed E-state index contributed by atoms with van der Waals surface area (Å²) >= 11 is 0. The predicted octanol–water partition coefficient (Wildman–Crippen LogP) is 4.86. The van der Waals surface area contributed by atoms with Gasteiger partial charge in [0.05, 0.1) is 16.9 Å². The number of hydrogen-bond acceptors (Lipinski definition) is 3. The Morgan fingerprint density at radius 1 is 1.13 bits per heavy atom. The Kier molecular flexibility index (Phi) is 6.98. The molecule has 1 amide bonds. The third-order valence-corrected chi connectivity index (χ3v) is 5.41. The van der Waals surface area contributed by atoms with Gasteiger partial charge in [-0.25, -0.2) is 9.37 Å². The van der Waals surface area contributed by atoms with Gasteiger partial charge in [-0.05, 0) is 43.2 Å². The maximum Gasteiger partial charge on any atom is 0.261 e. The topological polar surface area (TPSA) is 55.2 Å². The minimum absolute atomic E-state index is 0.138. The van der Waals surface area contributed by atoms with E-state index in [1.807, 2.05) is 25.1 Å². The van der Waals surface area contributed by atoms with E-state index >= 15 is 0 Å². The molecular weight excluding hydrogens is 381 g/mol. The Morgan fingerprint density at radius 2 is 1.90 bits per heavy atom. The lowest BCUT2D eigenvalue weighted by atomic mass is 10.1. The molecule has 0 saturated carbocycles. The average molecular weight is 410 g/mol. The van der Waals surface area contributed by atoms with Crippen LogP contribution >= 0.6 is 0 Å². The highest BCUT2D eigenvalue weighted by Gasteiger charge is 2.28. The van der Waals surface area contributed by atoms with E-state index < -0.39 is 5.82 Å². The first-order valence-corrected chi connectivity index (χ1v) is 10.5. The fraction of sp³-hybridized carbons (Fsp3) is 0.375. The van der Waals surface area contributed by atoms with Crippen LogP contribution < -0.4 is 5.56 Å². The molecule has 0 fully saturated rings. The van der Waals surface area contributed by atoms with Crippen molar-refractivity contribution in [2.45, 2.75) is 45.6 Å². The van der Waals surface area contributed by atoms with E-state index in [0.717, 1.165) is 19.3 Å². The van der Waals surface area contributed by atoms with E-state index in [-0.39, 0.29) is 17.5 Å². The molecule has 30 heavy (non-hydrogen) atoms. The molecular formula is C24H28FN3O2. The van der Waals surface area contributed by atoms with Crippen LogP contribution in [0.5, 0.6) is 0 Å². The van der Waals surface area contributed by atoms with Gasteiger partial charge in [-0.3, -0.25) is 14.2 Å². The first kappa shape index (κ1) is 21.7. The number of halogens is 1. The number of amides is 1. The number of benzene rings is 2. The van der Waals surface area contributed by atoms with E-state index in [1.54, 1.807) is 24.1 Å². The van der Waals surface area contributed by atoms with Crippen LogP contribution in [0.3, 0.4) is 0 Å². The molecule has 0 bridgehead atoms. The molecule has 158 valence electrons. The van der Waals surface area contributed by atoms with Crippen LogP contribution in [-0.4, -0.2) is 26.9 Å². The molecule has 3 rings (SSSR count). The summed E-state index contributed by atoms with van der Waals surface area (Å²) < 4.78 is 15.3. The van der Waals surface area contributed by atoms with Gasteiger partial charge in [0.1, 0.15) is 11.6 Å². The second-order valence-corrected chi connectivity index (χ2v) is 7.49. The zero-order valence-corrected chi connectivity index (χ0v) is 17.8. The third kappa shape index (κ3) is 4.42. The van der Waals surface area contributed by atoms with Crippen molar-refractivity contribution in [3.05, 3.63) is 76.1 Å². The second-order valence-electron chi connectivity index (χ2n) is 7.49. The van der Waals surface area contributed by atoms with Crippen molar-refractivity contribution in [1.29, 1.82) is 0 Å². The number of unbranched alkanes of at least 4 members (excludes halogenated alkanes) is 2. The molecule has 1 aromatic heterocycles. The Bertz CT molecular complexity index is 1090. The van der Waals surface area contributed by atoms with Crippen molar-refractivity contribution >= 4 is 16.8 Å². The molecule has 0 aliphatic heterocycles. The molecule has 0 aliphatic rings. The molecule has 0 spiro atoms. The van der Waals surface area contributed by atoms with Crippen molar-refractivity contribution in [2.24, 2.45) is 7.05 Å². The number of hydrogen-bond donors (Lipinski definition) is 0. The summed E-state index contributed by atoms with van der Waals surface area (Å²) in [6, 6.07) is 12.6. The maximum atomic E-state index is 13.8. The first-order chi connectivity index (χ1) is 14.5. The molecule has 6 heteroatoms. The number of aromatic nitrogens is 2. The van der Waals surface area contributed by atoms with Gasteiger partial charge in [0.15, 0.2) is 0 Å². The summed E-state index contributed by atoms with van der Waals surface area (Å²) in [5, 5.41) is 0.549. The van der Waals surface area contributed by atoms with Crippen molar-refractivity contribution in [3.63, 3.8) is 0 Å². The second kappa shape index (κ2) is 9.65. The molecule has 0 aliphatic carbocycles. The average Bonchev–Trinajstić information content (AvgIpc) is 2.76.